The molecule has 2 N–H and O–H groups in total. The van der Waals surface area contributed by atoms with Gasteiger partial charge in [-0.1, -0.05) is 18.7 Å². The van der Waals surface area contributed by atoms with Crippen molar-refractivity contribution in [1.82, 2.24) is 10.2 Å². The number of rotatable bonds is 4. The van der Waals surface area contributed by atoms with Gasteiger partial charge in [0.25, 0.3) is 11.1 Å². The minimum Gasteiger partial charge on any atom is -0.410 e. The molecule has 0 saturated carbocycles. The third-order valence-electron chi connectivity index (χ3n) is 3.62. The van der Waals surface area contributed by atoms with Crippen molar-refractivity contribution in [3.63, 3.8) is 0 Å². The lowest BCUT2D eigenvalue weighted by atomic mass is 9.90. The summed E-state index contributed by atoms with van der Waals surface area (Å²) in [6.45, 7) is 4.01. The first-order valence-electron chi connectivity index (χ1n) is 6.94. The van der Waals surface area contributed by atoms with Crippen molar-refractivity contribution in [2.45, 2.75) is 43.6 Å². The number of amides is 1. The highest BCUT2D eigenvalue weighted by atomic mass is 32.2. The van der Waals surface area contributed by atoms with Crippen LogP contribution >= 0.6 is 23.1 Å². The summed E-state index contributed by atoms with van der Waals surface area (Å²) in [6.07, 6.45) is 3.50. The fourth-order valence-electron chi connectivity index (χ4n) is 2.38. The minimum absolute atomic E-state index is 0.379. The molecule has 2 aromatic heterocycles. The number of nitrogens with two attached hydrogens (primary N) is 1. The maximum atomic E-state index is 11.1. The molecule has 1 amide bonds. The first-order chi connectivity index (χ1) is 10.0. The first kappa shape index (κ1) is 14.6. The summed E-state index contributed by atoms with van der Waals surface area (Å²) in [6, 6.07) is 2.16. The monoisotopic (exact) mass is 323 g/mol. The molecule has 0 unspecified atom stereocenters. The molecule has 0 spiro atoms. The van der Waals surface area contributed by atoms with Gasteiger partial charge >= 0.3 is 0 Å². The van der Waals surface area contributed by atoms with Crippen LogP contribution < -0.4 is 5.73 Å². The molecule has 112 valence electrons. The zero-order valence-corrected chi connectivity index (χ0v) is 13.6. The number of fused-ring (bicyclic) bond motifs is 1. The zero-order chi connectivity index (χ0) is 15.0. The summed E-state index contributed by atoms with van der Waals surface area (Å²) in [7, 11) is 0. The van der Waals surface area contributed by atoms with E-state index in [2.05, 4.69) is 23.2 Å². The molecule has 2 heterocycles. The minimum atomic E-state index is -0.389. The van der Waals surface area contributed by atoms with E-state index in [1.165, 1.54) is 28.6 Å². The standard InChI is InChI=1S/C14H17N3O2S2/c1-7-3-4-10-9(5-7)6-11(21-10)13-16-17-14(19-13)20-8(2)12(15)18/h6-8H,3-5H2,1-2H3,(H2,15,18)/t7-,8+/m0/s1. The summed E-state index contributed by atoms with van der Waals surface area (Å²) < 4.78 is 5.64. The van der Waals surface area contributed by atoms with Gasteiger partial charge in [0.1, 0.15) is 0 Å². The predicted molar refractivity (Wildman–Crippen MR) is 83.3 cm³/mol. The highest BCUT2D eigenvalue weighted by molar-refractivity contribution is 8.00. The van der Waals surface area contributed by atoms with Crippen molar-refractivity contribution in [3.05, 3.63) is 16.5 Å². The molecule has 0 aliphatic heterocycles. The van der Waals surface area contributed by atoms with Gasteiger partial charge in [-0.05, 0) is 43.7 Å². The zero-order valence-electron chi connectivity index (χ0n) is 12.0. The fourth-order valence-corrected chi connectivity index (χ4v) is 4.14. The number of aryl methyl sites for hydroxylation is 1. The van der Waals surface area contributed by atoms with Gasteiger partial charge in [-0.2, -0.15) is 0 Å². The number of carbonyl (C=O) groups excluding carboxylic acids is 1. The Morgan fingerprint density at radius 3 is 3.14 bits per heavy atom. The molecule has 21 heavy (non-hydrogen) atoms. The SMILES string of the molecule is C[C@H]1CCc2sc(-c3nnc(S[C@H](C)C(N)=O)o3)cc2C1. The van der Waals surface area contributed by atoms with Gasteiger partial charge in [-0.25, -0.2) is 0 Å². The smallest absolute Gasteiger partial charge is 0.277 e. The molecule has 0 bridgehead atoms. The summed E-state index contributed by atoms with van der Waals surface area (Å²) in [5.74, 6) is 0.881. The molecule has 1 aliphatic rings. The second kappa shape index (κ2) is 5.81. The topological polar surface area (TPSA) is 82.0 Å². The second-order valence-corrected chi connectivity index (χ2v) is 7.87. The maximum absolute atomic E-state index is 11.1. The van der Waals surface area contributed by atoms with E-state index in [1.807, 2.05) is 0 Å². The summed E-state index contributed by atoms with van der Waals surface area (Å²) in [5.41, 5.74) is 6.64. The number of primary amides is 1. The largest absolute Gasteiger partial charge is 0.410 e. The fraction of sp³-hybridized carbons (Fsp3) is 0.500. The Morgan fingerprint density at radius 1 is 1.57 bits per heavy atom. The number of thioether (sulfide) groups is 1. The van der Waals surface area contributed by atoms with Gasteiger partial charge < -0.3 is 10.2 Å². The van der Waals surface area contributed by atoms with Gasteiger partial charge in [-0.3, -0.25) is 4.79 Å². The molecule has 2 aromatic rings. The van der Waals surface area contributed by atoms with E-state index in [-0.39, 0.29) is 11.2 Å². The van der Waals surface area contributed by atoms with E-state index in [4.69, 9.17) is 10.2 Å². The van der Waals surface area contributed by atoms with Crippen LogP contribution in [0, 0.1) is 5.92 Å². The lowest BCUT2D eigenvalue weighted by Crippen LogP contribution is -2.22. The third-order valence-corrected chi connectivity index (χ3v) is 5.80. The van der Waals surface area contributed by atoms with Crippen LogP contribution in [0.1, 0.15) is 30.7 Å². The molecule has 7 heteroatoms. The van der Waals surface area contributed by atoms with Crippen molar-refractivity contribution >= 4 is 29.0 Å². The third kappa shape index (κ3) is 3.13. The van der Waals surface area contributed by atoms with Crippen molar-refractivity contribution < 1.29 is 9.21 Å². The second-order valence-electron chi connectivity index (χ2n) is 5.44. The molecular formula is C14H17N3O2S2. The van der Waals surface area contributed by atoms with Crippen molar-refractivity contribution in [1.29, 1.82) is 0 Å². The highest BCUT2D eigenvalue weighted by Crippen LogP contribution is 2.37. The van der Waals surface area contributed by atoms with Crippen LogP contribution in [0.15, 0.2) is 15.7 Å². The van der Waals surface area contributed by atoms with Crippen LogP contribution in [-0.2, 0) is 17.6 Å². The summed E-state index contributed by atoms with van der Waals surface area (Å²) in [5, 5.41) is 8.07. The number of carbonyl (C=O) groups is 1. The van der Waals surface area contributed by atoms with E-state index in [0.29, 0.717) is 11.1 Å². The Bertz CT molecular complexity index is 665. The first-order valence-corrected chi connectivity index (χ1v) is 8.64. The van der Waals surface area contributed by atoms with Crippen LogP contribution in [0.25, 0.3) is 10.8 Å². The molecule has 0 saturated heterocycles. The summed E-state index contributed by atoms with van der Waals surface area (Å²) in [4.78, 5) is 13.5. The van der Waals surface area contributed by atoms with Crippen molar-refractivity contribution in [3.8, 4) is 10.8 Å². The van der Waals surface area contributed by atoms with E-state index < -0.39 is 0 Å². The highest BCUT2D eigenvalue weighted by Gasteiger charge is 2.21. The molecule has 1 aliphatic carbocycles. The number of thiophene rings is 1. The lowest BCUT2D eigenvalue weighted by molar-refractivity contribution is -0.117. The van der Waals surface area contributed by atoms with E-state index in [9.17, 15) is 4.79 Å². The van der Waals surface area contributed by atoms with E-state index in [0.717, 1.165) is 23.6 Å². The van der Waals surface area contributed by atoms with E-state index in [1.54, 1.807) is 18.3 Å². The Balaban J connectivity index is 1.79. The Labute approximate surface area is 131 Å². The Morgan fingerprint density at radius 2 is 2.38 bits per heavy atom. The number of hydrogen-bond acceptors (Lipinski definition) is 6. The van der Waals surface area contributed by atoms with Gasteiger partial charge in [0, 0.05) is 4.88 Å². The number of nitrogens with zero attached hydrogens (tertiary/aromatic N) is 2. The predicted octanol–water partition coefficient (Wildman–Crippen LogP) is 2.89. The molecular weight excluding hydrogens is 306 g/mol. The lowest BCUT2D eigenvalue weighted by Gasteiger charge is -2.16. The van der Waals surface area contributed by atoms with Gasteiger partial charge in [0.2, 0.25) is 5.91 Å². The molecule has 5 nitrogen and oxygen atoms in total. The van der Waals surface area contributed by atoms with Crippen LogP contribution in [-0.4, -0.2) is 21.4 Å². The van der Waals surface area contributed by atoms with Crippen molar-refractivity contribution in [2.75, 3.05) is 0 Å². The van der Waals surface area contributed by atoms with Crippen molar-refractivity contribution in [2.24, 2.45) is 11.7 Å². The van der Waals surface area contributed by atoms with Crippen LogP contribution in [0.4, 0.5) is 0 Å². The quantitative estimate of drug-likeness (QED) is 0.875. The maximum Gasteiger partial charge on any atom is 0.277 e. The average Bonchev–Trinajstić information content (AvgIpc) is 3.04. The van der Waals surface area contributed by atoms with Crippen LogP contribution in [0.3, 0.4) is 0 Å². The normalized spacial score (nSPS) is 19.2. The number of hydrogen-bond donors (Lipinski definition) is 1. The van der Waals surface area contributed by atoms with Gasteiger partial charge in [-0.15, -0.1) is 21.5 Å². The Hall–Kier alpha value is -1.34. The van der Waals surface area contributed by atoms with Crippen LogP contribution in [0.2, 0.25) is 0 Å². The van der Waals surface area contributed by atoms with Crippen LogP contribution in [0.5, 0.6) is 0 Å². The molecule has 3 rings (SSSR count). The van der Waals surface area contributed by atoms with E-state index >= 15 is 0 Å². The molecule has 0 fully saturated rings. The molecule has 2 atom stereocenters. The molecule has 0 radical (unpaired) electrons. The Kier molecular flexibility index (Phi) is 4.03. The summed E-state index contributed by atoms with van der Waals surface area (Å²) >= 11 is 2.92. The molecule has 0 aromatic carbocycles. The number of aromatic nitrogens is 2. The van der Waals surface area contributed by atoms with Gasteiger partial charge in [0.15, 0.2) is 0 Å². The average molecular weight is 323 g/mol. The van der Waals surface area contributed by atoms with Gasteiger partial charge in [0.05, 0.1) is 10.1 Å².